The summed E-state index contributed by atoms with van der Waals surface area (Å²) in [7, 11) is 0. The third-order valence-corrected chi connectivity index (χ3v) is 2.05. The van der Waals surface area contributed by atoms with Gasteiger partial charge in [-0.3, -0.25) is 9.97 Å². The summed E-state index contributed by atoms with van der Waals surface area (Å²) in [5.74, 6) is 0.526. The van der Waals surface area contributed by atoms with Crippen LogP contribution >= 0.6 is 0 Å². The van der Waals surface area contributed by atoms with Crippen molar-refractivity contribution in [2.75, 3.05) is 6.54 Å². The van der Waals surface area contributed by atoms with E-state index in [1.165, 1.54) is 0 Å². The number of rotatable bonds is 6. The molecule has 0 fully saturated rings. The molecule has 0 saturated carbocycles. The fourth-order valence-corrected chi connectivity index (χ4v) is 1.42. The molecule has 4 nitrogen and oxygen atoms in total. The van der Waals surface area contributed by atoms with E-state index in [4.69, 9.17) is 0 Å². The van der Waals surface area contributed by atoms with E-state index >= 15 is 0 Å². The molecule has 0 aliphatic rings. The second kappa shape index (κ2) is 6.48. The monoisotopic (exact) mass is 209 g/mol. The lowest BCUT2D eigenvalue weighted by Gasteiger charge is -2.13. The number of aliphatic hydroxyl groups excluding tert-OH is 1. The first kappa shape index (κ1) is 12.1. The third kappa shape index (κ3) is 5.44. The van der Waals surface area contributed by atoms with E-state index in [0.29, 0.717) is 19.0 Å². The number of hydrogen-bond donors (Lipinski definition) is 2. The Hall–Kier alpha value is -1.00. The Kier molecular flexibility index (Phi) is 5.21. The maximum Gasteiger partial charge on any atom is 0.0724 e. The van der Waals surface area contributed by atoms with Crippen molar-refractivity contribution in [2.45, 2.75) is 32.9 Å². The first-order valence-corrected chi connectivity index (χ1v) is 5.32. The highest BCUT2D eigenvalue weighted by atomic mass is 16.3. The molecule has 0 bridgehead atoms. The maximum atomic E-state index is 9.60. The van der Waals surface area contributed by atoms with Gasteiger partial charge in [-0.15, -0.1) is 0 Å². The van der Waals surface area contributed by atoms with Crippen LogP contribution in [-0.4, -0.2) is 27.7 Å². The molecule has 1 aromatic rings. The van der Waals surface area contributed by atoms with Crippen LogP contribution < -0.4 is 5.32 Å². The van der Waals surface area contributed by atoms with Crippen molar-refractivity contribution in [2.24, 2.45) is 5.92 Å². The maximum absolute atomic E-state index is 9.60. The van der Waals surface area contributed by atoms with Crippen molar-refractivity contribution in [3.63, 3.8) is 0 Å². The van der Waals surface area contributed by atoms with Crippen LogP contribution in [0, 0.1) is 5.92 Å². The molecule has 15 heavy (non-hydrogen) atoms. The molecule has 0 radical (unpaired) electrons. The lowest BCUT2D eigenvalue weighted by Crippen LogP contribution is -2.27. The van der Waals surface area contributed by atoms with Crippen molar-refractivity contribution in [1.29, 1.82) is 0 Å². The first-order chi connectivity index (χ1) is 7.18. The molecule has 0 saturated heterocycles. The Balaban J connectivity index is 2.16. The highest BCUT2D eigenvalue weighted by Crippen LogP contribution is 2.03. The Bertz CT molecular complexity index is 264. The largest absolute Gasteiger partial charge is 0.392 e. The van der Waals surface area contributed by atoms with Crippen LogP contribution in [0.4, 0.5) is 0 Å². The summed E-state index contributed by atoms with van der Waals surface area (Å²) in [6.07, 6.45) is 5.59. The van der Waals surface area contributed by atoms with Crippen LogP contribution in [0.2, 0.25) is 0 Å². The molecule has 84 valence electrons. The molecular weight excluding hydrogens is 190 g/mol. The lowest BCUT2D eigenvalue weighted by molar-refractivity contribution is 0.146. The Morgan fingerprint density at radius 3 is 2.80 bits per heavy atom. The van der Waals surface area contributed by atoms with Crippen LogP contribution in [0.15, 0.2) is 18.6 Å². The van der Waals surface area contributed by atoms with Gasteiger partial charge in [0.2, 0.25) is 0 Å². The van der Waals surface area contributed by atoms with E-state index in [1.807, 2.05) is 0 Å². The molecule has 0 aliphatic heterocycles. The van der Waals surface area contributed by atoms with Crippen molar-refractivity contribution < 1.29 is 5.11 Å². The minimum absolute atomic E-state index is 0.276. The van der Waals surface area contributed by atoms with Gasteiger partial charge in [-0.05, 0) is 12.3 Å². The van der Waals surface area contributed by atoms with Crippen LogP contribution in [0.1, 0.15) is 26.0 Å². The number of nitrogens with zero attached hydrogens (tertiary/aromatic N) is 2. The molecule has 1 rings (SSSR count). The van der Waals surface area contributed by atoms with Gasteiger partial charge in [-0.2, -0.15) is 0 Å². The third-order valence-electron chi connectivity index (χ3n) is 2.05. The summed E-state index contributed by atoms with van der Waals surface area (Å²) in [6, 6.07) is 0. The van der Waals surface area contributed by atoms with Crippen LogP contribution in [0.3, 0.4) is 0 Å². The summed E-state index contributed by atoms with van der Waals surface area (Å²) in [5.41, 5.74) is 0.897. The predicted molar refractivity (Wildman–Crippen MR) is 59.2 cm³/mol. The summed E-state index contributed by atoms with van der Waals surface area (Å²) >= 11 is 0. The van der Waals surface area contributed by atoms with Crippen LogP contribution in [0.5, 0.6) is 0 Å². The minimum atomic E-state index is -0.276. The molecule has 0 amide bonds. The smallest absolute Gasteiger partial charge is 0.0724 e. The molecule has 0 spiro atoms. The quantitative estimate of drug-likeness (QED) is 0.733. The van der Waals surface area contributed by atoms with E-state index in [2.05, 4.69) is 29.1 Å². The van der Waals surface area contributed by atoms with Crippen molar-refractivity contribution in [3.05, 3.63) is 24.3 Å². The molecule has 4 heteroatoms. The first-order valence-electron chi connectivity index (χ1n) is 5.32. The Labute approximate surface area is 90.8 Å². The van der Waals surface area contributed by atoms with Crippen molar-refractivity contribution in [3.8, 4) is 0 Å². The van der Waals surface area contributed by atoms with Gasteiger partial charge < -0.3 is 10.4 Å². The van der Waals surface area contributed by atoms with Crippen LogP contribution in [-0.2, 0) is 6.54 Å². The van der Waals surface area contributed by atoms with Gasteiger partial charge in [0.15, 0.2) is 0 Å². The Morgan fingerprint density at radius 2 is 2.20 bits per heavy atom. The summed E-state index contributed by atoms with van der Waals surface area (Å²) in [4.78, 5) is 8.10. The van der Waals surface area contributed by atoms with Gasteiger partial charge in [0.25, 0.3) is 0 Å². The zero-order valence-electron chi connectivity index (χ0n) is 9.35. The van der Waals surface area contributed by atoms with E-state index in [0.717, 1.165) is 12.1 Å². The second-order valence-electron chi connectivity index (χ2n) is 4.11. The zero-order chi connectivity index (χ0) is 11.1. The van der Waals surface area contributed by atoms with Gasteiger partial charge >= 0.3 is 0 Å². The predicted octanol–water partition coefficient (Wildman–Crippen LogP) is 0.973. The second-order valence-corrected chi connectivity index (χ2v) is 4.11. The van der Waals surface area contributed by atoms with E-state index < -0.39 is 0 Å². The molecule has 1 unspecified atom stereocenters. The van der Waals surface area contributed by atoms with Gasteiger partial charge in [0, 0.05) is 31.7 Å². The van der Waals surface area contributed by atoms with Gasteiger partial charge in [-0.25, -0.2) is 0 Å². The highest BCUT2D eigenvalue weighted by molar-refractivity contribution is 4.93. The van der Waals surface area contributed by atoms with Gasteiger partial charge in [0.05, 0.1) is 11.8 Å². The van der Waals surface area contributed by atoms with E-state index in [-0.39, 0.29) is 6.10 Å². The summed E-state index contributed by atoms with van der Waals surface area (Å²) in [6.45, 7) is 5.47. The fourth-order valence-electron chi connectivity index (χ4n) is 1.42. The van der Waals surface area contributed by atoms with Gasteiger partial charge in [-0.1, -0.05) is 13.8 Å². The van der Waals surface area contributed by atoms with Gasteiger partial charge in [0.1, 0.15) is 0 Å². The lowest BCUT2D eigenvalue weighted by atomic mass is 10.1. The molecule has 0 aliphatic carbocycles. The molecule has 1 heterocycles. The standard InChI is InChI=1S/C11H19N3O/c1-9(2)5-11(15)8-13-7-10-6-12-3-4-14-10/h3-4,6,9,11,13,15H,5,7-8H2,1-2H3. The topological polar surface area (TPSA) is 58.0 Å². The molecule has 2 N–H and O–H groups in total. The number of aliphatic hydroxyl groups is 1. The number of aromatic nitrogens is 2. The van der Waals surface area contributed by atoms with Crippen molar-refractivity contribution >= 4 is 0 Å². The normalized spacial score (nSPS) is 13.1. The molecule has 1 aromatic heterocycles. The zero-order valence-corrected chi connectivity index (χ0v) is 9.35. The fraction of sp³-hybridized carbons (Fsp3) is 0.636. The minimum Gasteiger partial charge on any atom is -0.392 e. The Morgan fingerprint density at radius 1 is 1.40 bits per heavy atom. The van der Waals surface area contributed by atoms with E-state index in [9.17, 15) is 5.11 Å². The van der Waals surface area contributed by atoms with E-state index in [1.54, 1.807) is 18.6 Å². The summed E-state index contributed by atoms with van der Waals surface area (Å²) < 4.78 is 0. The average molecular weight is 209 g/mol. The highest BCUT2D eigenvalue weighted by Gasteiger charge is 2.06. The van der Waals surface area contributed by atoms with Crippen LogP contribution in [0.25, 0.3) is 0 Å². The molecule has 1 atom stereocenters. The molecule has 0 aromatic carbocycles. The SMILES string of the molecule is CC(C)CC(O)CNCc1cnccn1. The average Bonchev–Trinajstić information content (AvgIpc) is 2.18. The van der Waals surface area contributed by atoms with Crippen molar-refractivity contribution in [1.82, 2.24) is 15.3 Å². The molecular formula is C11H19N3O. The summed E-state index contributed by atoms with van der Waals surface area (Å²) in [5, 5.41) is 12.8. The number of nitrogens with one attached hydrogen (secondary N) is 1. The number of hydrogen-bond acceptors (Lipinski definition) is 4.